The van der Waals surface area contributed by atoms with Crippen LogP contribution in [0.5, 0.6) is 5.88 Å². The van der Waals surface area contributed by atoms with Crippen molar-refractivity contribution in [1.82, 2.24) is 9.78 Å². The van der Waals surface area contributed by atoms with Gasteiger partial charge in [-0.2, -0.15) is 9.78 Å². The van der Waals surface area contributed by atoms with Gasteiger partial charge in [0.15, 0.2) is 5.69 Å². The van der Waals surface area contributed by atoms with Crippen LogP contribution < -0.4 is 4.74 Å². The van der Waals surface area contributed by atoms with Crippen LogP contribution >= 0.6 is 0 Å². The lowest BCUT2D eigenvalue weighted by Gasteiger charge is -2.06. The van der Waals surface area contributed by atoms with Crippen LogP contribution in [0.2, 0.25) is 0 Å². The Bertz CT molecular complexity index is 810. The van der Waals surface area contributed by atoms with Crippen molar-refractivity contribution in [2.24, 2.45) is 0 Å². The number of aromatic nitrogens is 2. The fourth-order valence-corrected chi connectivity index (χ4v) is 1.96. The van der Waals surface area contributed by atoms with Gasteiger partial charge in [0, 0.05) is 18.2 Å². The number of para-hydroxylation sites is 1. The monoisotopic (exact) mass is 358 g/mol. The molecule has 0 unspecified atom stereocenters. The summed E-state index contributed by atoms with van der Waals surface area (Å²) in [5, 5.41) is 4.13. The number of esters is 3. The number of nitrogens with zero attached hydrogens (tertiary/aromatic N) is 2. The van der Waals surface area contributed by atoms with E-state index in [1.165, 1.54) is 10.7 Å². The summed E-state index contributed by atoms with van der Waals surface area (Å²) in [5.41, 5.74) is 0.577. The molecule has 1 heterocycles. The van der Waals surface area contributed by atoms with Crippen molar-refractivity contribution in [2.45, 2.75) is 13.8 Å². The zero-order valence-corrected chi connectivity index (χ0v) is 14.4. The molecule has 8 heteroatoms. The minimum Gasteiger partial charge on any atom is -0.463 e. The Morgan fingerprint density at radius 2 is 1.65 bits per heavy atom. The summed E-state index contributed by atoms with van der Waals surface area (Å²) in [7, 11) is 0. The van der Waals surface area contributed by atoms with Crippen LogP contribution in [0.1, 0.15) is 24.3 Å². The highest BCUT2D eigenvalue weighted by atomic mass is 16.5. The summed E-state index contributed by atoms with van der Waals surface area (Å²) in [6.07, 6.45) is 1.89. The Hall–Kier alpha value is -3.42. The van der Waals surface area contributed by atoms with Crippen LogP contribution in [-0.4, -0.2) is 40.9 Å². The van der Waals surface area contributed by atoms with Gasteiger partial charge in [0.05, 0.1) is 18.9 Å². The van der Waals surface area contributed by atoms with Gasteiger partial charge in [-0.05, 0) is 26.0 Å². The number of ether oxygens (including phenoxy) is 3. The first kappa shape index (κ1) is 18.9. The Labute approximate surface area is 150 Å². The van der Waals surface area contributed by atoms with Gasteiger partial charge in [-0.15, -0.1) is 0 Å². The van der Waals surface area contributed by atoms with Gasteiger partial charge in [-0.3, -0.25) is 0 Å². The topological polar surface area (TPSA) is 96.7 Å². The van der Waals surface area contributed by atoms with Crippen LogP contribution in [0.3, 0.4) is 0 Å². The minimum atomic E-state index is -0.814. The molecule has 0 aliphatic rings. The number of carbonyl (C=O) groups excluding carboxylic acids is 3. The molecule has 2 rings (SSSR count). The fraction of sp³-hybridized carbons (Fsp3) is 0.222. The first-order valence-electron chi connectivity index (χ1n) is 7.94. The third-order valence-corrected chi connectivity index (χ3v) is 3.01. The fourth-order valence-electron chi connectivity index (χ4n) is 1.96. The first-order valence-corrected chi connectivity index (χ1v) is 7.94. The summed E-state index contributed by atoms with van der Waals surface area (Å²) in [6.45, 7) is 3.71. The van der Waals surface area contributed by atoms with Gasteiger partial charge in [-0.25, -0.2) is 14.4 Å². The quantitative estimate of drug-likeness (QED) is 0.552. The van der Waals surface area contributed by atoms with Gasteiger partial charge >= 0.3 is 17.9 Å². The Morgan fingerprint density at radius 3 is 2.31 bits per heavy atom. The molecule has 1 aromatic carbocycles. The lowest BCUT2D eigenvalue weighted by molar-refractivity contribution is -0.138. The second kappa shape index (κ2) is 9.16. The molecule has 0 fully saturated rings. The SMILES string of the molecule is CCOC(=O)/C=C/C(=O)Oc1cc(C(=O)OCC)nn1-c1ccccc1. The molecular weight excluding hydrogens is 340 g/mol. The average molecular weight is 358 g/mol. The zero-order chi connectivity index (χ0) is 18.9. The van der Waals surface area contributed by atoms with Crippen molar-refractivity contribution >= 4 is 17.9 Å². The first-order chi connectivity index (χ1) is 12.5. The highest BCUT2D eigenvalue weighted by Gasteiger charge is 2.19. The van der Waals surface area contributed by atoms with Gasteiger partial charge in [0.1, 0.15) is 0 Å². The summed E-state index contributed by atoms with van der Waals surface area (Å²) >= 11 is 0. The molecule has 0 atom stereocenters. The molecule has 0 aliphatic heterocycles. The van der Waals surface area contributed by atoms with E-state index >= 15 is 0 Å². The van der Waals surface area contributed by atoms with Gasteiger partial charge in [-0.1, -0.05) is 18.2 Å². The molecule has 0 N–H and O–H groups in total. The van der Waals surface area contributed by atoms with Crippen molar-refractivity contribution < 1.29 is 28.6 Å². The molecule has 0 saturated carbocycles. The van der Waals surface area contributed by atoms with Gasteiger partial charge in [0.25, 0.3) is 0 Å². The predicted molar refractivity (Wildman–Crippen MR) is 90.9 cm³/mol. The molecule has 0 radical (unpaired) electrons. The third-order valence-electron chi connectivity index (χ3n) is 3.01. The molecule has 0 amide bonds. The van der Waals surface area contributed by atoms with Gasteiger partial charge < -0.3 is 14.2 Å². The predicted octanol–water partition coefficient (Wildman–Crippen LogP) is 2.07. The molecule has 0 saturated heterocycles. The van der Waals surface area contributed by atoms with Crippen LogP contribution in [0.15, 0.2) is 48.6 Å². The zero-order valence-electron chi connectivity index (χ0n) is 14.4. The standard InChI is InChI=1S/C18H18N2O6/c1-3-24-16(21)10-11-17(22)26-15-12-14(18(23)25-4-2)19-20(15)13-8-6-5-7-9-13/h5-12H,3-4H2,1-2H3/b11-10+. The molecular formula is C18H18N2O6. The molecule has 0 aliphatic carbocycles. The van der Waals surface area contributed by atoms with E-state index in [0.717, 1.165) is 12.2 Å². The average Bonchev–Trinajstić information content (AvgIpc) is 3.05. The molecule has 0 bridgehead atoms. The van der Waals surface area contributed by atoms with E-state index in [-0.39, 0.29) is 24.8 Å². The summed E-state index contributed by atoms with van der Waals surface area (Å²) in [4.78, 5) is 35.1. The smallest absolute Gasteiger partial charge is 0.358 e. The van der Waals surface area contributed by atoms with Crippen LogP contribution in [-0.2, 0) is 19.1 Å². The van der Waals surface area contributed by atoms with E-state index in [4.69, 9.17) is 9.47 Å². The Morgan fingerprint density at radius 1 is 1.00 bits per heavy atom. The van der Waals surface area contributed by atoms with E-state index < -0.39 is 17.9 Å². The molecule has 8 nitrogen and oxygen atoms in total. The van der Waals surface area contributed by atoms with Crippen molar-refractivity contribution in [3.63, 3.8) is 0 Å². The second-order valence-corrected chi connectivity index (χ2v) is 4.84. The highest BCUT2D eigenvalue weighted by molar-refractivity contribution is 5.93. The van der Waals surface area contributed by atoms with E-state index in [0.29, 0.717) is 5.69 Å². The molecule has 2 aromatic rings. The van der Waals surface area contributed by atoms with Crippen LogP contribution in [0, 0.1) is 0 Å². The van der Waals surface area contributed by atoms with E-state index in [2.05, 4.69) is 9.84 Å². The lowest BCUT2D eigenvalue weighted by Crippen LogP contribution is -2.10. The number of hydrogen-bond donors (Lipinski definition) is 0. The maximum absolute atomic E-state index is 11.9. The molecule has 1 aromatic heterocycles. The van der Waals surface area contributed by atoms with Crippen molar-refractivity contribution in [3.05, 3.63) is 54.2 Å². The van der Waals surface area contributed by atoms with E-state index in [1.807, 2.05) is 6.07 Å². The maximum Gasteiger partial charge on any atom is 0.358 e. The van der Waals surface area contributed by atoms with Crippen molar-refractivity contribution in [2.75, 3.05) is 13.2 Å². The molecule has 0 spiro atoms. The second-order valence-electron chi connectivity index (χ2n) is 4.84. The number of hydrogen-bond acceptors (Lipinski definition) is 7. The number of benzene rings is 1. The largest absolute Gasteiger partial charge is 0.463 e. The normalized spacial score (nSPS) is 10.5. The van der Waals surface area contributed by atoms with Gasteiger partial charge in [0.2, 0.25) is 5.88 Å². The van der Waals surface area contributed by atoms with Crippen LogP contribution in [0.25, 0.3) is 5.69 Å². The maximum atomic E-state index is 11.9. The Balaban J connectivity index is 2.26. The van der Waals surface area contributed by atoms with E-state index in [9.17, 15) is 14.4 Å². The van der Waals surface area contributed by atoms with Crippen LogP contribution in [0.4, 0.5) is 0 Å². The summed E-state index contributed by atoms with van der Waals surface area (Å²) in [6, 6.07) is 10.1. The third kappa shape index (κ3) is 5.04. The molecule has 26 heavy (non-hydrogen) atoms. The van der Waals surface area contributed by atoms with Crippen molar-refractivity contribution in [3.8, 4) is 11.6 Å². The van der Waals surface area contributed by atoms with Crippen molar-refractivity contribution in [1.29, 1.82) is 0 Å². The highest BCUT2D eigenvalue weighted by Crippen LogP contribution is 2.20. The van der Waals surface area contributed by atoms with E-state index in [1.54, 1.807) is 38.1 Å². The Kier molecular flexibility index (Phi) is 6.67. The lowest BCUT2D eigenvalue weighted by atomic mass is 10.3. The minimum absolute atomic E-state index is 0.00660. The number of carbonyl (C=O) groups is 3. The summed E-state index contributed by atoms with van der Waals surface area (Å²) in [5.74, 6) is -2.10. The molecule has 136 valence electrons. The number of rotatable bonds is 7. The summed E-state index contributed by atoms with van der Waals surface area (Å²) < 4.78 is 16.1.